The number of carbonyl (C=O) groups is 2. The lowest BCUT2D eigenvalue weighted by atomic mass is 10.1. The predicted molar refractivity (Wildman–Crippen MR) is 118 cm³/mol. The van der Waals surface area contributed by atoms with Crippen molar-refractivity contribution in [1.82, 2.24) is 4.98 Å². The molecule has 0 bridgehead atoms. The van der Waals surface area contributed by atoms with Crippen LogP contribution < -0.4 is 10.1 Å². The zero-order chi connectivity index (χ0) is 20.3. The van der Waals surface area contributed by atoms with E-state index in [1.54, 1.807) is 25.1 Å². The van der Waals surface area contributed by atoms with Gasteiger partial charge in [-0.2, -0.15) is 0 Å². The minimum Gasteiger partial charge on any atom is -0.425 e. The Kier molecular flexibility index (Phi) is 6.26. The monoisotopic (exact) mass is 502 g/mol. The van der Waals surface area contributed by atoms with Gasteiger partial charge in [-0.05, 0) is 43.3 Å². The summed E-state index contributed by atoms with van der Waals surface area (Å²) >= 11 is 6.68. The Balaban J connectivity index is 2.04. The number of hydrogen-bond acceptors (Lipinski definition) is 4. The summed E-state index contributed by atoms with van der Waals surface area (Å²) in [5.41, 5.74) is 2.82. The fraction of sp³-hybridized carbons (Fsp3) is 0.0952. The highest BCUT2D eigenvalue weighted by Gasteiger charge is 2.16. The molecule has 0 aliphatic carbocycles. The normalized spacial score (nSPS) is 11.7. The number of fused-ring (bicyclic) bond motifs is 1. The van der Waals surface area contributed by atoms with Crippen molar-refractivity contribution in [1.29, 1.82) is 0 Å². The molecule has 3 aromatic rings. The Hall–Kier alpha value is -2.51. The lowest BCUT2D eigenvalue weighted by Gasteiger charge is -2.12. The van der Waals surface area contributed by atoms with Gasteiger partial charge >= 0.3 is 5.97 Å². The van der Waals surface area contributed by atoms with Crippen LogP contribution in [0.3, 0.4) is 0 Å². The molecule has 1 aromatic heterocycles. The van der Waals surface area contributed by atoms with E-state index in [1.807, 2.05) is 30.3 Å². The van der Waals surface area contributed by atoms with Gasteiger partial charge in [0.15, 0.2) is 0 Å². The average Bonchev–Trinajstić information content (AvgIpc) is 2.67. The molecule has 3 rings (SSSR count). The molecule has 0 aliphatic heterocycles. The zero-order valence-electron chi connectivity index (χ0n) is 14.9. The van der Waals surface area contributed by atoms with Crippen LogP contribution in [0.5, 0.6) is 5.75 Å². The lowest BCUT2D eigenvalue weighted by Crippen LogP contribution is -2.17. The number of hydrogen-bond donors (Lipinski definition) is 1. The van der Waals surface area contributed by atoms with Gasteiger partial charge < -0.3 is 10.1 Å². The zero-order valence-corrected chi connectivity index (χ0v) is 18.1. The van der Waals surface area contributed by atoms with Crippen LogP contribution in [-0.2, 0) is 9.59 Å². The molecule has 142 valence electrons. The summed E-state index contributed by atoms with van der Waals surface area (Å²) in [6, 6.07) is 14.5. The van der Waals surface area contributed by atoms with Crippen LogP contribution in [0.2, 0.25) is 0 Å². The minimum atomic E-state index is -0.428. The number of alkyl halides is 1. The molecule has 0 spiro atoms. The first-order chi connectivity index (χ1) is 13.4. The first kappa shape index (κ1) is 20.2. The third-order valence-electron chi connectivity index (χ3n) is 3.90. The Morgan fingerprint density at radius 1 is 1.18 bits per heavy atom. The van der Waals surface area contributed by atoms with Crippen molar-refractivity contribution < 1.29 is 14.3 Å². The van der Waals surface area contributed by atoms with Gasteiger partial charge in [-0.15, -0.1) is 0 Å². The van der Waals surface area contributed by atoms with Crippen molar-refractivity contribution in [2.45, 2.75) is 11.8 Å². The van der Waals surface area contributed by atoms with Crippen molar-refractivity contribution in [3.05, 3.63) is 65.7 Å². The molecule has 7 heteroatoms. The van der Waals surface area contributed by atoms with Crippen molar-refractivity contribution in [3.8, 4) is 17.0 Å². The molecule has 28 heavy (non-hydrogen) atoms. The van der Waals surface area contributed by atoms with Crippen LogP contribution in [0.15, 0.2) is 65.7 Å². The molecule has 1 amide bonds. The maximum Gasteiger partial charge on any atom is 0.324 e. The molecule has 0 saturated carbocycles. The van der Waals surface area contributed by atoms with Gasteiger partial charge in [-0.1, -0.05) is 50.6 Å². The fourth-order valence-corrected chi connectivity index (χ4v) is 2.95. The Morgan fingerprint density at radius 2 is 1.89 bits per heavy atom. The van der Waals surface area contributed by atoms with Crippen LogP contribution in [0.1, 0.15) is 6.92 Å². The van der Waals surface area contributed by atoms with Gasteiger partial charge in [0.1, 0.15) is 10.6 Å². The number of halogens is 2. The second kappa shape index (κ2) is 8.67. The summed E-state index contributed by atoms with van der Waals surface area (Å²) in [5.74, 6) is -0.226. The van der Waals surface area contributed by atoms with E-state index in [4.69, 9.17) is 4.74 Å². The number of carbonyl (C=O) groups excluding carboxylic acids is 2. The first-order valence-electron chi connectivity index (χ1n) is 8.37. The fourth-order valence-electron chi connectivity index (χ4n) is 2.51. The van der Waals surface area contributed by atoms with Gasteiger partial charge in [0.05, 0.1) is 11.2 Å². The molecule has 0 radical (unpaired) electrons. The largest absolute Gasteiger partial charge is 0.425 e. The van der Waals surface area contributed by atoms with E-state index in [2.05, 4.69) is 48.7 Å². The second-order valence-electron chi connectivity index (χ2n) is 5.97. The number of rotatable bonds is 5. The van der Waals surface area contributed by atoms with E-state index in [0.29, 0.717) is 22.6 Å². The Bertz CT molecular complexity index is 1060. The predicted octanol–water partition coefficient (Wildman–Crippen LogP) is 5.48. The molecule has 0 aliphatic rings. The standard InChI is InChI=1S/C21H16Br2N2O3/c1-3-20(26)24-15-7-4-13(5-8-15)17-11-19(28-21(27)12(2)22)16-9-6-14(23)10-18(16)25-17/h3-12H,1H2,2H3,(H,24,26). The smallest absolute Gasteiger partial charge is 0.324 e. The number of benzene rings is 2. The van der Waals surface area contributed by atoms with Crippen molar-refractivity contribution in [3.63, 3.8) is 0 Å². The number of ether oxygens (including phenoxy) is 1. The Labute approximate surface area is 179 Å². The topological polar surface area (TPSA) is 68.3 Å². The summed E-state index contributed by atoms with van der Waals surface area (Å²) in [4.78, 5) is 27.8. The van der Waals surface area contributed by atoms with Gasteiger partial charge in [0, 0.05) is 27.2 Å². The second-order valence-corrected chi connectivity index (χ2v) is 8.26. The number of pyridine rings is 1. The summed E-state index contributed by atoms with van der Waals surface area (Å²) in [6.07, 6.45) is 1.21. The van der Waals surface area contributed by atoms with Crippen LogP contribution in [0.25, 0.3) is 22.2 Å². The summed E-state index contributed by atoms with van der Waals surface area (Å²) in [6.45, 7) is 5.14. The number of esters is 1. The van der Waals surface area contributed by atoms with E-state index in [9.17, 15) is 9.59 Å². The Morgan fingerprint density at radius 3 is 2.54 bits per heavy atom. The maximum atomic E-state index is 12.1. The van der Waals surface area contributed by atoms with E-state index in [1.165, 1.54) is 6.08 Å². The van der Waals surface area contributed by atoms with E-state index in [-0.39, 0.29) is 11.9 Å². The molecule has 0 fully saturated rings. The van der Waals surface area contributed by atoms with Crippen molar-refractivity contribution in [2.24, 2.45) is 0 Å². The van der Waals surface area contributed by atoms with Crippen LogP contribution >= 0.6 is 31.9 Å². The van der Waals surface area contributed by atoms with E-state index in [0.717, 1.165) is 15.4 Å². The van der Waals surface area contributed by atoms with Crippen LogP contribution in [-0.4, -0.2) is 21.7 Å². The first-order valence-corrected chi connectivity index (χ1v) is 10.1. The molecule has 1 unspecified atom stereocenters. The van der Waals surface area contributed by atoms with Crippen molar-refractivity contribution >= 4 is 60.3 Å². The average molecular weight is 504 g/mol. The van der Waals surface area contributed by atoms with Crippen LogP contribution in [0.4, 0.5) is 5.69 Å². The third kappa shape index (κ3) is 4.66. The number of nitrogens with one attached hydrogen (secondary N) is 1. The molecular weight excluding hydrogens is 488 g/mol. The third-order valence-corrected chi connectivity index (χ3v) is 4.77. The molecule has 5 nitrogen and oxygen atoms in total. The lowest BCUT2D eigenvalue weighted by molar-refractivity contribution is -0.133. The molecular formula is C21H16Br2N2O3. The molecule has 1 N–H and O–H groups in total. The van der Waals surface area contributed by atoms with Gasteiger partial charge in [0.25, 0.3) is 0 Å². The highest BCUT2D eigenvalue weighted by molar-refractivity contribution is 9.10. The quantitative estimate of drug-likeness (QED) is 0.284. The SMILES string of the molecule is C=CC(=O)Nc1ccc(-c2cc(OC(=O)C(C)Br)c3ccc(Br)cc3n2)cc1. The summed E-state index contributed by atoms with van der Waals surface area (Å²) in [7, 11) is 0. The van der Waals surface area contributed by atoms with Gasteiger partial charge in [0.2, 0.25) is 5.91 Å². The molecule has 1 atom stereocenters. The van der Waals surface area contributed by atoms with Gasteiger partial charge in [-0.25, -0.2) is 4.98 Å². The number of anilines is 1. The van der Waals surface area contributed by atoms with Gasteiger partial charge in [-0.3, -0.25) is 9.59 Å². The molecule has 0 saturated heterocycles. The van der Waals surface area contributed by atoms with Crippen molar-refractivity contribution in [2.75, 3.05) is 5.32 Å². The summed E-state index contributed by atoms with van der Waals surface area (Å²) < 4.78 is 6.45. The molecule has 1 heterocycles. The highest BCUT2D eigenvalue weighted by atomic mass is 79.9. The number of aromatic nitrogens is 1. The number of amides is 1. The number of nitrogens with zero attached hydrogens (tertiary/aromatic N) is 1. The molecule has 2 aromatic carbocycles. The summed E-state index contributed by atoms with van der Waals surface area (Å²) in [5, 5.41) is 3.44. The minimum absolute atomic E-state index is 0.278. The van der Waals surface area contributed by atoms with E-state index >= 15 is 0 Å². The van der Waals surface area contributed by atoms with E-state index < -0.39 is 4.83 Å². The van der Waals surface area contributed by atoms with Crippen LogP contribution in [0, 0.1) is 0 Å². The maximum absolute atomic E-state index is 12.1. The highest BCUT2D eigenvalue weighted by Crippen LogP contribution is 2.32.